The Labute approximate surface area is 179 Å². The molecule has 0 bridgehead atoms. The van der Waals surface area contributed by atoms with Gasteiger partial charge in [-0.25, -0.2) is 9.78 Å². The first-order chi connectivity index (χ1) is 14.0. The lowest BCUT2D eigenvalue weighted by atomic mass is 10.2. The van der Waals surface area contributed by atoms with Crippen LogP contribution >= 0.6 is 22.6 Å². The molecule has 0 aliphatic carbocycles. The van der Waals surface area contributed by atoms with Crippen molar-refractivity contribution in [2.24, 2.45) is 0 Å². The van der Waals surface area contributed by atoms with Crippen molar-refractivity contribution in [1.82, 2.24) is 14.5 Å². The SMILES string of the molecule is O=C(O)c1ccc(-n2c(/C=C/c3cccnc3)nc3ccc(I)cc3c2=O)cc1. The van der Waals surface area contributed by atoms with E-state index in [0.29, 0.717) is 22.4 Å². The van der Waals surface area contributed by atoms with E-state index in [1.807, 2.05) is 30.3 Å². The van der Waals surface area contributed by atoms with Gasteiger partial charge >= 0.3 is 5.97 Å². The number of aromatic nitrogens is 3. The highest BCUT2D eigenvalue weighted by atomic mass is 127. The van der Waals surface area contributed by atoms with Crippen molar-refractivity contribution < 1.29 is 9.90 Å². The molecule has 0 aliphatic heterocycles. The van der Waals surface area contributed by atoms with Crippen LogP contribution in [0.4, 0.5) is 0 Å². The van der Waals surface area contributed by atoms with Crippen LogP contribution in [0.25, 0.3) is 28.7 Å². The van der Waals surface area contributed by atoms with Gasteiger partial charge in [0.1, 0.15) is 5.82 Å². The molecule has 0 radical (unpaired) electrons. The zero-order valence-electron chi connectivity index (χ0n) is 15.0. The standard InChI is InChI=1S/C22H14IN3O3/c23-16-6-9-19-18(12-16)21(27)26(17-7-4-15(5-8-17)22(28)29)20(25-19)10-3-14-2-1-11-24-13-14/h1-13H,(H,28,29)/b10-3+. The van der Waals surface area contributed by atoms with Gasteiger partial charge in [0.25, 0.3) is 5.56 Å². The molecule has 4 aromatic rings. The third-order valence-corrected chi connectivity index (χ3v) is 5.01. The van der Waals surface area contributed by atoms with E-state index in [1.54, 1.807) is 36.7 Å². The van der Waals surface area contributed by atoms with Gasteiger partial charge in [-0.2, -0.15) is 0 Å². The van der Waals surface area contributed by atoms with Gasteiger partial charge in [-0.15, -0.1) is 0 Å². The van der Waals surface area contributed by atoms with Crippen LogP contribution < -0.4 is 5.56 Å². The summed E-state index contributed by atoms with van der Waals surface area (Å²) < 4.78 is 2.41. The first-order valence-electron chi connectivity index (χ1n) is 8.67. The van der Waals surface area contributed by atoms with E-state index in [0.717, 1.165) is 9.13 Å². The van der Waals surface area contributed by atoms with Gasteiger partial charge in [0.05, 0.1) is 22.2 Å². The number of halogens is 1. The Hall–Kier alpha value is -3.33. The number of fused-ring (bicyclic) bond motifs is 1. The molecule has 6 nitrogen and oxygen atoms in total. The Bertz CT molecular complexity index is 1300. The van der Waals surface area contributed by atoms with Crippen molar-refractivity contribution >= 4 is 51.6 Å². The van der Waals surface area contributed by atoms with E-state index in [1.165, 1.54) is 16.7 Å². The van der Waals surface area contributed by atoms with Crippen molar-refractivity contribution in [2.45, 2.75) is 0 Å². The second-order valence-corrected chi connectivity index (χ2v) is 7.49. The summed E-state index contributed by atoms with van der Waals surface area (Å²) in [5, 5.41) is 9.64. The lowest BCUT2D eigenvalue weighted by Crippen LogP contribution is -2.22. The Morgan fingerprint density at radius 1 is 1.07 bits per heavy atom. The third-order valence-electron chi connectivity index (χ3n) is 4.34. The first kappa shape index (κ1) is 19.0. The third kappa shape index (κ3) is 3.95. The van der Waals surface area contributed by atoms with Crippen LogP contribution in [0.2, 0.25) is 0 Å². The zero-order chi connectivity index (χ0) is 20.4. The highest BCUT2D eigenvalue weighted by Gasteiger charge is 2.12. The molecule has 29 heavy (non-hydrogen) atoms. The van der Waals surface area contributed by atoms with E-state index in [4.69, 9.17) is 5.11 Å². The van der Waals surface area contributed by atoms with Crippen molar-refractivity contribution in [3.05, 3.63) is 97.9 Å². The van der Waals surface area contributed by atoms with E-state index >= 15 is 0 Å². The fourth-order valence-electron chi connectivity index (χ4n) is 2.93. The summed E-state index contributed by atoms with van der Waals surface area (Å²) in [5.74, 6) is -0.581. The van der Waals surface area contributed by atoms with Crippen LogP contribution in [0.5, 0.6) is 0 Å². The maximum Gasteiger partial charge on any atom is 0.335 e. The van der Waals surface area contributed by atoms with Crippen LogP contribution in [0.3, 0.4) is 0 Å². The molecule has 4 rings (SSSR count). The predicted octanol–water partition coefficient (Wildman–Crippen LogP) is 4.25. The van der Waals surface area contributed by atoms with Crippen LogP contribution in [0.15, 0.2) is 71.8 Å². The van der Waals surface area contributed by atoms with Gasteiger partial charge in [0.2, 0.25) is 0 Å². The number of pyridine rings is 1. The van der Waals surface area contributed by atoms with Gasteiger partial charge in [-0.3, -0.25) is 14.3 Å². The van der Waals surface area contributed by atoms with Crippen molar-refractivity contribution in [3.63, 3.8) is 0 Å². The number of aromatic carboxylic acids is 1. The summed E-state index contributed by atoms with van der Waals surface area (Å²) in [4.78, 5) is 33.2. The lowest BCUT2D eigenvalue weighted by Gasteiger charge is -2.12. The van der Waals surface area contributed by atoms with Crippen molar-refractivity contribution in [3.8, 4) is 5.69 Å². The van der Waals surface area contributed by atoms with Crippen LogP contribution in [0.1, 0.15) is 21.7 Å². The molecule has 0 fully saturated rings. The number of nitrogens with zero attached hydrogens (tertiary/aromatic N) is 3. The number of carboxylic acids is 1. The second kappa shape index (κ2) is 7.96. The molecule has 1 N–H and O–H groups in total. The molecule has 2 aromatic heterocycles. The fraction of sp³-hybridized carbons (Fsp3) is 0. The molecule has 0 saturated heterocycles. The van der Waals surface area contributed by atoms with E-state index in [2.05, 4.69) is 32.6 Å². The molecule has 0 aliphatic rings. The molecule has 0 amide bonds. The van der Waals surface area contributed by atoms with Crippen LogP contribution in [-0.4, -0.2) is 25.6 Å². The molecular weight excluding hydrogens is 481 g/mol. The number of rotatable bonds is 4. The van der Waals surface area contributed by atoms with Gasteiger partial charge in [0.15, 0.2) is 0 Å². The molecule has 0 atom stereocenters. The number of carbonyl (C=O) groups is 1. The van der Waals surface area contributed by atoms with Crippen LogP contribution in [-0.2, 0) is 0 Å². The molecule has 2 heterocycles. The van der Waals surface area contributed by atoms with Gasteiger partial charge < -0.3 is 5.11 Å². The maximum atomic E-state index is 13.3. The lowest BCUT2D eigenvalue weighted by molar-refractivity contribution is 0.0697. The fourth-order valence-corrected chi connectivity index (χ4v) is 3.43. The Balaban J connectivity index is 1.94. The largest absolute Gasteiger partial charge is 0.478 e. The van der Waals surface area contributed by atoms with Crippen molar-refractivity contribution in [1.29, 1.82) is 0 Å². The van der Waals surface area contributed by atoms with E-state index in [9.17, 15) is 9.59 Å². The highest BCUT2D eigenvalue weighted by Crippen LogP contribution is 2.18. The molecular formula is C22H14IN3O3. The molecule has 142 valence electrons. The predicted molar refractivity (Wildman–Crippen MR) is 120 cm³/mol. The second-order valence-electron chi connectivity index (χ2n) is 6.24. The zero-order valence-corrected chi connectivity index (χ0v) is 17.1. The molecule has 2 aromatic carbocycles. The molecule has 0 unspecified atom stereocenters. The summed E-state index contributed by atoms with van der Waals surface area (Å²) >= 11 is 2.15. The van der Waals surface area contributed by atoms with Gasteiger partial charge in [0, 0.05) is 16.0 Å². The molecule has 7 heteroatoms. The Morgan fingerprint density at radius 3 is 2.55 bits per heavy atom. The van der Waals surface area contributed by atoms with Gasteiger partial charge in [-0.1, -0.05) is 6.07 Å². The number of carboxylic acid groups (broad SMARTS) is 1. The minimum Gasteiger partial charge on any atom is -0.478 e. The monoisotopic (exact) mass is 495 g/mol. The summed E-state index contributed by atoms with van der Waals surface area (Å²) in [6.07, 6.45) is 6.98. The number of hydrogen-bond donors (Lipinski definition) is 1. The number of hydrogen-bond acceptors (Lipinski definition) is 4. The smallest absolute Gasteiger partial charge is 0.335 e. The van der Waals surface area contributed by atoms with E-state index < -0.39 is 5.97 Å². The summed E-state index contributed by atoms with van der Waals surface area (Å²) in [5.41, 5.74) is 1.94. The van der Waals surface area contributed by atoms with E-state index in [-0.39, 0.29) is 11.1 Å². The molecule has 0 spiro atoms. The summed E-state index contributed by atoms with van der Waals surface area (Å²) in [6.45, 7) is 0. The highest BCUT2D eigenvalue weighted by molar-refractivity contribution is 14.1. The summed E-state index contributed by atoms with van der Waals surface area (Å²) in [6, 6.07) is 15.4. The quantitative estimate of drug-likeness (QED) is 0.428. The van der Waals surface area contributed by atoms with Crippen molar-refractivity contribution in [2.75, 3.05) is 0 Å². The average Bonchev–Trinajstić information content (AvgIpc) is 2.74. The minimum absolute atomic E-state index is 0.151. The average molecular weight is 495 g/mol. The first-order valence-corrected chi connectivity index (χ1v) is 9.75. The summed E-state index contributed by atoms with van der Waals surface area (Å²) in [7, 11) is 0. The topological polar surface area (TPSA) is 85.1 Å². The maximum absolute atomic E-state index is 13.3. The number of benzene rings is 2. The Morgan fingerprint density at radius 2 is 1.86 bits per heavy atom. The molecule has 0 saturated carbocycles. The minimum atomic E-state index is -1.02. The Kier molecular flexibility index (Phi) is 5.22. The van der Waals surface area contributed by atoms with Crippen LogP contribution in [0, 0.1) is 3.57 Å². The van der Waals surface area contributed by atoms with Gasteiger partial charge in [-0.05, 0) is 88.8 Å². The normalized spacial score (nSPS) is 11.2.